The summed E-state index contributed by atoms with van der Waals surface area (Å²) in [6.07, 6.45) is 0.807. The minimum absolute atomic E-state index is 0.346. The van der Waals surface area contributed by atoms with Gasteiger partial charge in [0, 0.05) is 36.0 Å². The molecule has 3 heterocycles. The molecule has 0 saturated heterocycles. The van der Waals surface area contributed by atoms with Gasteiger partial charge in [-0.05, 0) is 18.4 Å². The zero-order chi connectivity index (χ0) is 13.9. The molecule has 1 aliphatic heterocycles. The normalized spacial score (nSPS) is 13.8. The molecule has 6 heteroatoms. The zero-order valence-electron chi connectivity index (χ0n) is 11.2. The summed E-state index contributed by atoms with van der Waals surface area (Å²) < 4.78 is 5.11. The Labute approximate surface area is 121 Å². The average molecular weight is 289 g/mol. The average Bonchev–Trinajstić information content (AvgIpc) is 3.00. The minimum atomic E-state index is -0.369. The maximum Gasteiger partial charge on any atom is 0.357 e. The van der Waals surface area contributed by atoms with E-state index in [1.807, 2.05) is 16.8 Å². The number of hydrogen-bond donors (Lipinski definition) is 1. The van der Waals surface area contributed by atoms with Crippen molar-refractivity contribution in [2.45, 2.75) is 19.9 Å². The summed E-state index contributed by atoms with van der Waals surface area (Å²) in [6, 6.07) is 1.96. The van der Waals surface area contributed by atoms with Crippen LogP contribution in [-0.2, 0) is 17.7 Å². The molecule has 0 aromatic carbocycles. The fourth-order valence-corrected chi connectivity index (χ4v) is 2.87. The highest BCUT2D eigenvalue weighted by Crippen LogP contribution is 2.23. The van der Waals surface area contributed by atoms with Crippen molar-refractivity contribution in [3.8, 4) is 11.4 Å². The molecule has 20 heavy (non-hydrogen) atoms. The molecule has 0 atom stereocenters. The number of esters is 1. The van der Waals surface area contributed by atoms with Crippen LogP contribution in [0.15, 0.2) is 16.8 Å². The summed E-state index contributed by atoms with van der Waals surface area (Å²) >= 11 is 1.59. The Kier molecular flexibility index (Phi) is 3.75. The van der Waals surface area contributed by atoms with E-state index in [0.717, 1.165) is 29.8 Å². The Bertz CT molecular complexity index is 626. The van der Waals surface area contributed by atoms with Crippen molar-refractivity contribution in [2.24, 2.45) is 0 Å². The van der Waals surface area contributed by atoms with Crippen LogP contribution in [0.4, 0.5) is 0 Å². The summed E-state index contributed by atoms with van der Waals surface area (Å²) in [7, 11) is 0. The quantitative estimate of drug-likeness (QED) is 0.876. The predicted octanol–water partition coefficient (Wildman–Crippen LogP) is 2.03. The molecule has 0 fully saturated rings. The number of aromatic nitrogens is 2. The molecule has 0 spiro atoms. The molecule has 0 amide bonds. The molecule has 3 rings (SSSR count). The lowest BCUT2D eigenvalue weighted by Crippen LogP contribution is -2.28. The van der Waals surface area contributed by atoms with E-state index in [9.17, 15) is 4.79 Å². The molecular formula is C14H15N3O2S. The van der Waals surface area contributed by atoms with E-state index in [1.54, 1.807) is 18.3 Å². The number of ether oxygens (including phenoxy) is 1. The van der Waals surface area contributed by atoms with Gasteiger partial charge < -0.3 is 10.1 Å². The molecule has 0 aliphatic carbocycles. The maximum absolute atomic E-state index is 12.1. The van der Waals surface area contributed by atoms with Crippen molar-refractivity contribution in [3.05, 3.63) is 33.8 Å². The summed E-state index contributed by atoms with van der Waals surface area (Å²) in [5, 5.41) is 7.21. The van der Waals surface area contributed by atoms with Gasteiger partial charge in [-0.25, -0.2) is 14.8 Å². The first-order valence-corrected chi connectivity index (χ1v) is 7.54. The number of nitrogens with zero attached hydrogens (tertiary/aromatic N) is 2. The smallest absolute Gasteiger partial charge is 0.357 e. The lowest BCUT2D eigenvalue weighted by molar-refractivity contribution is 0.0517. The second kappa shape index (κ2) is 5.68. The molecule has 1 aliphatic rings. The van der Waals surface area contributed by atoms with Crippen LogP contribution in [0.1, 0.15) is 28.7 Å². The van der Waals surface area contributed by atoms with Gasteiger partial charge in [0.1, 0.15) is 0 Å². The van der Waals surface area contributed by atoms with Gasteiger partial charge in [-0.2, -0.15) is 11.3 Å². The topological polar surface area (TPSA) is 64.1 Å². The Morgan fingerprint density at radius 3 is 3.15 bits per heavy atom. The van der Waals surface area contributed by atoms with Gasteiger partial charge in [0.2, 0.25) is 0 Å². The van der Waals surface area contributed by atoms with Crippen molar-refractivity contribution >= 4 is 17.3 Å². The first kappa shape index (κ1) is 13.2. The largest absolute Gasteiger partial charge is 0.461 e. The van der Waals surface area contributed by atoms with E-state index in [1.165, 1.54) is 0 Å². The van der Waals surface area contributed by atoms with Gasteiger partial charge in [0.25, 0.3) is 0 Å². The van der Waals surface area contributed by atoms with Crippen LogP contribution in [0.5, 0.6) is 0 Å². The SMILES string of the molecule is CCOC(=O)c1nc(-c2ccsc2)nc2c1CNCC2. The maximum atomic E-state index is 12.1. The lowest BCUT2D eigenvalue weighted by Gasteiger charge is -2.19. The lowest BCUT2D eigenvalue weighted by atomic mass is 10.0. The molecule has 0 bridgehead atoms. The van der Waals surface area contributed by atoms with Crippen LogP contribution in [0.3, 0.4) is 0 Å². The molecular weight excluding hydrogens is 274 g/mol. The first-order valence-electron chi connectivity index (χ1n) is 6.59. The number of fused-ring (bicyclic) bond motifs is 1. The summed E-state index contributed by atoms with van der Waals surface area (Å²) in [5.74, 6) is 0.237. The first-order chi connectivity index (χ1) is 9.79. The highest BCUT2D eigenvalue weighted by atomic mass is 32.1. The fraction of sp³-hybridized carbons (Fsp3) is 0.357. The molecule has 104 valence electrons. The third-order valence-electron chi connectivity index (χ3n) is 3.18. The Morgan fingerprint density at radius 1 is 1.50 bits per heavy atom. The Balaban J connectivity index is 2.10. The molecule has 0 unspecified atom stereocenters. The molecule has 0 radical (unpaired) electrons. The second-order valence-corrected chi connectivity index (χ2v) is 5.26. The molecule has 2 aromatic heterocycles. The third kappa shape index (κ3) is 2.44. The monoisotopic (exact) mass is 289 g/mol. The van der Waals surface area contributed by atoms with Crippen molar-refractivity contribution in [2.75, 3.05) is 13.2 Å². The Morgan fingerprint density at radius 2 is 2.40 bits per heavy atom. The highest BCUT2D eigenvalue weighted by Gasteiger charge is 2.23. The summed E-state index contributed by atoms with van der Waals surface area (Å²) in [6.45, 7) is 3.63. The van der Waals surface area contributed by atoms with Crippen LogP contribution in [0, 0.1) is 0 Å². The van der Waals surface area contributed by atoms with Crippen molar-refractivity contribution in [1.29, 1.82) is 0 Å². The molecule has 1 N–H and O–H groups in total. The van der Waals surface area contributed by atoms with Crippen LogP contribution in [0.2, 0.25) is 0 Å². The number of carbonyl (C=O) groups excluding carboxylic acids is 1. The van der Waals surface area contributed by atoms with Gasteiger partial charge in [0.15, 0.2) is 11.5 Å². The van der Waals surface area contributed by atoms with Crippen LogP contribution in [0.25, 0.3) is 11.4 Å². The van der Waals surface area contributed by atoms with Gasteiger partial charge in [-0.1, -0.05) is 0 Å². The van der Waals surface area contributed by atoms with Crippen molar-refractivity contribution in [3.63, 3.8) is 0 Å². The zero-order valence-corrected chi connectivity index (χ0v) is 12.0. The van der Waals surface area contributed by atoms with Crippen LogP contribution in [-0.4, -0.2) is 29.1 Å². The van der Waals surface area contributed by atoms with E-state index >= 15 is 0 Å². The standard InChI is InChI=1S/C14H15N3O2S/c1-2-19-14(18)12-10-7-15-5-3-11(10)16-13(17-12)9-4-6-20-8-9/h4,6,8,15H,2-3,5,7H2,1H3. The Hall–Kier alpha value is -1.79. The van der Waals surface area contributed by atoms with E-state index in [0.29, 0.717) is 24.7 Å². The number of hydrogen-bond acceptors (Lipinski definition) is 6. The van der Waals surface area contributed by atoms with Gasteiger partial charge in [0.05, 0.1) is 12.3 Å². The third-order valence-corrected chi connectivity index (χ3v) is 3.86. The van der Waals surface area contributed by atoms with Gasteiger partial charge in [-0.15, -0.1) is 0 Å². The number of carbonyl (C=O) groups is 1. The van der Waals surface area contributed by atoms with Crippen molar-refractivity contribution < 1.29 is 9.53 Å². The molecule has 5 nitrogen and oxygen atoms in total. The summed E-state index contributed by atoms with van der Waals surface area (Å²) in [5.41, 5.74) is 3.16. The predicted molar refractivity (Wildman–Crippen MR) is 76.7 cm³/mol. The minimum Gasteiger partial charge on any atom is -0.461 e. The molecule has 0 saturated carbocycles. The number of nitrogens with one attached hydrogen (secondary N) is 1. The van der Waals surface area contributed by atoms with E-state index in [2.05, 4.69) is 15.3 Å². The number of rotatable bonds is 3. The van der Waals surface area contributed by atoms with Crippen molar-refractivity contribution in [1.82, 2.24) is 15.3 Å². The van der Waals surface area contributed by atoms with E-state index in [-0.39, 0.29) is 5.97 Å². The van der Waals surface area contributed by atoms with Crippen LogP contribution < -0.4 is 5.32 Å². The summed E-state index contributed by atoms with van der Waals surface area (Å²) in [4.78, 5) is 21.1. The number of thiophene rings is 1. The molecule has 2 aromatic rings. The van der Waals surface area contributed by atoms with E-state index < -0.39 is 0 Å². The van der Waals surface area contributed by atoms with Gasteiger partial charge >= 0.3 is 5.97 Å². The second-order valence-electron chi connectivity index (χ2n) is 4.48. The highest BCUT2D eigenvalue weighted by molar-refractivity contribution is 7.08. The van der Waals surface area contributed by atoms with Crippen LogP contribution >= 0.6 is 11.3 Å². The van der Waals surface area contributed by atoms with E-state index in [4.69, 9.17) is 4.74 Å². The van der Waals surface area contributed by atoms with Gasteiger partial charge in [-0.3, -0.25) is 0 Å². The fourth-order valence-electron chi connectivity index (χ4n) is 2.23.